The Labute approximate surface area is 109 Å². The fourth-order valence-corrected chi connectivity index (χ4v) is 3.03. The number of thioether (sulfide) groups is 1. The Morgan fingerprint density at radius 1 is 1.39 bits per heavy atom. The number of benzene rings is 1. The van der Waals surface area contributed by atoms with Crippen molar-refractivity contribution in [3.63, 3.8) is 0 Å². The standard InChI is InChI=1S/C13H12N2O2S/c1-17-12(16)11-10(9-5-3-2-4-6-9)14-13-15(11)7-8-18-13/h2-6H,7-8H2,1H3. The van der Waals surface area contributed by atoms with Crippen LogP contribution in [0.25, 0.3) is 11.3 Å². The van der Waals surface area contributed by atoms with E-state index < -0.39 is 0 Å². The van der Waals surface area contributed by atoms with Gasteiger partial charge in [-0.2, -0.15) is 0 Å². The van der Waals surface area contributed by atoms with Crippen molar-refractivity contribution in [2.24, 2.45) is 0 Å². The average molecular weight is 260 g/mol. The summed E-state index contributed by atoms with van der Waals surface area (Å²) < 4.78 is 6.82. The SMILES string of the molecule is COC(=O)c1c(-c2ccccc2)nc2n1CCS2. The monoisotopic (exact) mass is 260 g/mol. The zero-order chi connectivity index (χ0) is 12.5. The van der Waals surface area contributed by atoms with Gasteiger partial charge in [-0.3, -0.25) is 0 Å². The van der Waals surface area contributed by atoms with Crippen LogP contribution in [-0.4, -0.2) is 28.4 Å². The van der Waals surface area contributed by atoms with E-state index in [0.717, 1.165) is 23.0 Å². The van der Waals surface area contributed by atoms with Gasteiger partial charge in [0.25, 0.3) is 0 Å². The van der Waals surface area contributed by atoms with E-state index >= 15 is 0 Å². The molecule has 2 aromatic rings. The molecule has 1 aliphatic rings. The van der Waals surface area contributed by atoms with E-state index in [1.807, 2.05) is 34.9 Å². The van der Waals surface area contributed by atoms with Crippen LogP contribution in [-0.2, 0) is 11.3 Å². The number of methoxy groups -OCH3 is 1. The highest BCUT2D eigenvalue weighted by atomic mass is 32.2. The van der Waals surface area contributed by atoms with E-state index in [9.17, 15) is 4.79 Å². The van der Waals surface area contributed by atoms with Crippen LogP contribution in [0.15, 0.2) is 35.5 Å². The minimum Gasteiger partial charge on any atom is -0.464 e. The van der Waals surface area contributed by atoms with Gasteiger partial charge < -0.3 is 9.30 Å². The number of hydrogen-bond acceptors (Lipinski definition) is 4. The van der Waals surface area contributed by atoms with E-state index in [2.05, 4.69) is 4.98 Å². The molecule has 0 N–H and O–H groups in total. The van der Waals surface area contributed by atoms with Crippen molar-refractivity contribution in [1.82, 2.24) is 9.55 Å². The van der Waals surface area contributed by atoms with Gasteiger partial charge in [0.1, 0.15) is 5.69 Å². The Morgan fingerprint density at radius 3 is 2.89 bits per heavy atom. The normalized spacial score (nSPS) is 13.4. The Hall–Kier alpha value is -1.75. The van der Waals surface area contributed by atoms with Crippen molar-refractivity contribution in [3.05, 3.63) is 36.0 Å². The Bertz CT molecular complexity index is 593. The minimum absolute atomic E-state index is 0.324. The first-order chi connectivity index (χ1) is 8.81. The summed E-state index contributed by atoms with van der Waals surface area (Å²) in [6, 6.07) is 9.73. The van der Waals surface area contributed by atoms with Crippen LogP contribution in [0.3, 0.4) is 0 Å². The average Bonchev–Trinajstić information content (AvgIpc) is 2.98. The summed E-state index contributed by atoms with van der Waals surface area (Å²) >= 11 is 1.67. The molecule has 1 aromatic carbocycles. The molecule has 5 heteroatoms. The minimum atomic E-state index is -0.324. The molecule has 0 spiro atoms. The quantitative estimate of drug-likeness (QED) is 0.778. The van der Waals surface area contributed by atoms with Gasteiger partial charge in [0.15, 0.2) is 10.9 Å². The van der Waals surface area contributed by atoms with Crippen molar-refractivity contribution in [2.75, 3.05) is 12.9 Å². The highest BCUT2D eigenvalue weighted by molar-refractivity contribution is 7.99. The number of rotatable bonds is 2. The topological polar surface area (TPSA) is 44.1 Å². The van der Waals surface area contributed by atoms with E-state index in [1.165, 1.54) is 7.11 Å². The zero-order valence-electron chi connectivity index (χ0n) is 9.92. The Kier molecular flexibility index (Phi) is 2.83. The largest absolute Gasteiger partial charge is 0.464 e. The zero-order valence-corrected chi connectivity index (χ0v) is 10.7. The maximum atomic E-state index is 11.9. The third-order valence-corrected chi connectivity index (χ3v) is 3.86. The predicted molar refractivity (Wildman–Crippen MR) is 69.7 cm³/mol. The summed E-state index contributed by atoms with van der Waals surface area (Å²) in [6.45, 7) is 0.810. The third kappa shape index (κ3) is 1.71. The van der Waals surface area contributed by atoms with Crippen molar-refractivity contribution >= 4 is 17.7 Å². The second-order valence-corrected chi connectivity index (χ2v) is 5.01. The third-order valence-electron chi connectivity index (χ3n) is 2.90. The number of imidazole rings is 1. The van der Waals surface area contributed by atoms with Gasteiger partial charge in [-0.05, 0) is 0 Å². The highest BCUT2D eigenvalue weighted by Crippen LogP contribution is 2.33. The van der Waals surface area contributed by atoms with E-state index in [0.29, 0.717) is 11.4 Å². The molecule has 18 heavy (non-hydrogen) atoms. The molecule has 0 atom stereocenters. The van der Waals surface area contributed by atoms with E-state index in [-0.39, 0.29) is 5.97 Å². The summed E-state index contributed by atoms with van der Waals surface area (Å²) in [5.41, 5.74) is 2.22. The second-order valence-electron chi connectivity index (χ2n) is 3.95. The molecule has 92 valence electrons. The number of carbonyl (C=O) groups excluding carboxylic acids is 1. The van der Waals surface area contributed by atoms with Crippen LogP contribution in [0.5, 0.6) is 0 Å². The van der Waals surface area contributed by atoms with Gasteiger partial charge in [-0.1, -0.05) is 42.1 Å². The molecule has 0 aliphatic carbocycles. The van der Waals surface area contributed by atoms with Crippen molar-refractivity contribution in [3.8, 4) is 11.3 Å². The number of carbonyl (C=O) groups is 1. The fourth-order valence-electron chi connectivity index (χ4n) is 2.08. The first-order valence-corrected chi connectivity index (χ1v) is 6.67. The summed E-state index contributed by atoms with van der Waals surface area (Å²) in [5.74, 6) is 0.636. The van der Waals surface area contributed by atoms with Gasteiger partial charge in [-0.15, -0.1) is 0 Å². The lowest BCUT2D eigenvalue weighted by molar-refractivity contribution is 0.0589. The van der Waals surface area contributed by atoms with Gasteiger partial charge in [0.2, 0.25) is 0 Å². The predicted octanol–water partition coefficient (Wildman–Crippen LogP) is 2.44. The molecule has 1 aliphatic heterocycles. The van der Waals surface area contributed by atoms with Crippen molar-refractivity contribution in [1.29, 1.82) is 0 Å². The molecular formula is C13H12N2O2S. The summed E-state index contributed by atoms with van der Waals surface area (Å²) in [6.07, 6.45) is 0. The van der Waals surface area contributed by atoms with Crippen LogP contribution in [0.1, 0.15) is 10.5 Å². The molecule has 0 fully saturated rings. The summed E-state index contributed by atoms with van der Waals surface area (Å²) in [4.78, 5) is 16.5. The molecular weight excluding hydrogens is 248 g/mol. The lowest BCUT2D eigenvalue weighted by atomic mass is 10.1. The molecule has 0 amide bonds. The Balaban J connectivity index is 2.18. The molecule has 4 nitrogen and oxygen atoms in total. The number of fused-ring (bicyclic) bond motifs is 1. The molecule has 1 aromatic heterocycles. The van der Waals surface area contributed by atoms with Gasteiger partial charge in [0.05, 0.1) is 7.11 Å². The second kappa shape index (κ2) is 4.49. The summed E-state index contributed by atoms with van der Waals surface area (Å²) in [5, 5.41) is 0.897. The first-order valence-electron chi connectivity index (χ1n) is 5.68. The molecule has 3 rings (SSSR count). The molecule has 0 radical (unpaired) electrons. The Morgan fingerprint density at radius 2 is 2.17 bits per heavy atom. The van der Waals surface area contributed by atoms with Gasteiger partial charge in [-0.25, -0.2) is 9.78 Å². The smallest absolute Gasteiger partial charge is 0.357 e. The molecule has 0 saturated carbocycles. The maximum absolute atomic E-state index is 11.9. The van der Waals surface area contributed by atoms with Crippen LogP contribution >= 0.6 is 11.8 Å². The van der Waals surface area contributed by atoms with Crippen LogP contribution in [0, 0.1) is 0 Å². The molecule has 0 saturated heterocycles. The molecule has 2 heterocycles. The first kappa shape index (κ1) is 11.3. The number of aromatic nitrogens is 2. The number of nitrogens with zero attached hydrogens (tertiary/aromatic N) is 2. The van der Waals surface area contributed by atoms with Crippen molar-refractivity contribution in [2.45, 2.75) is 11.7 Å². The lowest BCUT2D eigenvalue weighted by Gasteiger charge is -2.05. The highest BCUT2D eigenvalue weighted by Gasteiger charge is 2.27. The lowest BCUT2D eigenvalue weighted by Crippen LogP contribution is -2.10. The number of esters is 1. The van der Waals surface area contributed by atoms with Crippen LogP contribution < -0.4 is 0 Å². The molecule has 0 bridgehead atoms. The van der Waals surface area contributed by atoms with Crippen LogP contribution in [0.2, 0.25) is 0 Å². The summed E-state index contributed by atoms with van der Waals surface area (Å²) in [7, 11) is 1.40. The number of ether oxygens (including phenoxy) is 1. The van der Waals surface area contributed by atoms with E-state index in [4.69, 9.17) is 4.74 Å². The fraction of sp³-hybridized carbons (Fsp3) is 0.231. The van der Waals surface area contributed by atoms with E-state index in [1.54, 1.807) is 11.8 Å². The number of hydrogen-bond donors (Lipinski definition) is 0. The van der Waals surface area contributed by atoms with Crippen LogP contribution in [0.4, 0.5) is 0 Å². The van der Waals surface area contributed by atoms with Gasteiger partial charge >= 0.3 is 5.97 Å². The maximum Gasteiger partial charge on any atom is 0.357 e. The molecule has 0 unspecified atom stereocenters. The van der Waals surface area contributed by atoms with Crippen molar-refractivity contribution < 1.29 is 9.53 Å². The van der Waals surface area contributed by atoms with Gasteiger partial charge in [0, 0.05) is 17.9 Å².